The monoisotopic (exact) mass is 265 g/mol. The highest BCUT2D eigenvalue weighted by Gasteiger charge is 2.35. The summed E-state index contributed by atoms with van der Waals surface area (Å²) in [5.74, 6) is 0. The third-order valence-electron chi connectivity index (χ3n) is 3.36. The van der Waals surface area contributed by atoms with Gasteiger partial charge in [-0.1, -0.05) is 0 Å². The predicted octanol–water partition coefficient (Wildman–Crippen LogP) is -0.326. The van der Waals surface area contributed by atoms with Crippen molar-refractivity contribution in [1.82, 2.24) is 14.5 Å². The minimum Gasteiger partial charge on any atom is -0.394 e. The molecule has 3 N–H and O–H groups in total. The number of aromatic nitrogens is 3. The Morgan fingerprint density at radius 3 is 3.11 bits per heavy atom. The number of nitrogens with zero attached hydrogens (tertiary/aromatic N) is 2. The fraction of sp³-hybridized carbons (Fsp3) is 0.500. The van der Waals surface area contributed by atoms with E-state index in [4.69, 9.17) is 9.84 Å². The van der Waals surface area contributed by atoms with Crippen molar-refractivity contribution in [2.24, 2.45) is 0 Å². The van der Waals surface area contributed by atoms with Crippen molar-refractivity contribution in [3.63, 3.8) is 0 Å². The molecule has 102 valence electrons. The summed E-state index contributed by atoms with van der Waals surface area (Å²) in [6.07, 6.45) is -0.0922. The minimum absolute atomic E-state index is 0.266. The second-order valence-electron chi connectivity index (χ2n) is 4.80. The molecule has 1 aliphatic rings. The molecule has 0 spiro atoms. The highest BCUT2D eigenvalue weighted by Crippen LogP contribution is 2.27. The van der Waals surface area contributed by atoms with Crippen LogP contribution in [0.4, 0.5) is 0 Å². The zero-order valence-electron chi connectivity index (χ0n) is 10.4. The summed E-state index contributed by atoms with van der Waals surface area (Å²) in [6.45, 7) is 1.61. The van der Waals surface area contributed by atoms with E-state index in [-0.39, 0.29) is 13.0 Å². The Kier molecular flexibility index (Phi) is 2.89. The Morgan fingerprint density at radius 1 is 1.63 bits per heavy atom. The van der Waals surface area contributed by atoms with Gasteiger partial charge in [-0.25, -0.2) is 4.79 Å². The molecule has 3 rings (SSSR count). The first kappa shape index (κ1) is 12.3. The first-order chi connectivity index (χ1) is 9.08. The number of aromatic amines is 1. The molecule has 19 heavy (non-hydrogen) atoms. The summed E-state index contributed by atoms with van der Waals surface area (Å²) in [5, 5.41) is 19.6. The zero-order chi connectivity index (χ0) is 13.6. The number of fused-ring (bicyclic) bond motifs is 1. The van der Waals surface area contributed by atoms with Crippen LogP contribution in [-0.2, 0) is 4.74 Å². The average Bonchev–Trinajstić information content (AvgIpc) is 2.89. The largest absolute Gasteiger partial charge is 0.394 e. The molecule has 0 saturated carbocycles. The van der Waals surface area contributed by atoms with Gasteiger partial charge in [0.2, 0.25) is 0 Å². The number of hydrogen-bond acceptors (Lipinski definition) is 5. The number of aliphatic hydroxyl groups is 2. The smallest absolute Gasteiger partial charge is 0.351 e. The van der Waals surface area contributed by atoms with E-state index in [1.807, 2.05) is 13.0 Å². The van der Waals surface area contributed by atoms with Gasteiger partial charge in [0.25, 0.3) is 0 Å². The lowest BCUT2D eigenvalue weighted by molar-refractivity contribution is -0.0457. The number of rotatable bonds is 2. The lowest BCUT2D eigenvalue weighted by Gasteiger charge is -2.14. The van der Waals surface area contributed by atoms with Crippen LogP contribution < -0.4 is 5.69 Å². The molecule has 2 aromatic heterocycles. The zero-order valence-corrected chi connectivity index (χ0v) is 10.4. The lowest BCUT2D eigenvalue weighted by atomic mass is 10.2. The topological polar surface area (TPSA) is 100 Å². The van der Waals surface area contributed by atoms with Crippen LogP contribution in [0.1, 0.15) is 18.3 Å². The number of ether oxygens (including phenoxy) is 1. The Labute approximate surface area is 108 Å². The Morgan fingerprint density at radius 2 is 2.42 bits per heavy atom. The van der Waals surface area contributed by atoms with Crippen LogP contribution in [0.5, 0.6) is 0 Å². The van der Waals surface area contributed by atoms with Gasteiger partial charge in [-0.2, -0.15) is 4.98 Å². The molecule has 3 heterocycles. The van der Waals surface area contributed by atoms with E-state index in [0.717, 1.165) is 11.1 Å². The van der Waals surface area contributed by atoms with Crippen molar-refractivity contribution in [1.29, 1.82) is 0 Å². The predicted molar refractivity (Wildman–Crippen MR) is 66.7 cm³/mol. The van der Waals surface area contributed by atoms with E-state index < -0.39 is 24.1 Å². The molecule has 1 fully saturated rings. The van der Waals surface area contributed by atoms with Crippen molar-refractivity contribution in [3.05, 3.63) is 28.4 Å². The van der Waals surface area contributed by atoms with Crippen molar-refractivity contribution >= 4 is 11.0 Å². The second-order valence-corrected chi connectivity index (χ2v) is 4.80. The van der Waals surface area contributed by atoms with E-state index >= 15 is 0 Å². The molecular weight excluding hydrogens is 250 g/mol. The van der Waals surface area contributed by atoms with Gasteiger partial charge in [0.15, 0.2) is 0 Å². The quantitative estimate of drug-likeness (QED) is 0.690. The Bertz CT molecular complexity index is 663. The van der Waals surface area contributed by atoms with E-state index in [9.17, 15) is 9.90 Å². The molecule has 1 saturated heterocycles. The molecule has 7 nitrogen and oxygen atoms in total. The normalized spacial score (nSPS) is 27.2. The third-order valence-corrected chi connectivity index (χ3v) is 3.36. The Balaban J connectivity index is 2.01. The molecule has 0 radical (unpaired) electrons. The maximum Gasteiger partial charge on any atom is 0.351 e. The highest BCUT2D eigenvalue weighted by atomic mass is 16.5. The minimum atomic E-state index is -0.773. The number of aliphatic hydroxyl groups excluding tert-OH is 2. The van der Waals surface area contributed by atoms with Crippen molar-refractivity contribution in [2.75, 3.05) is 6.61 Å². The summed E-state index contributed by atoms with van der Waals surface area (Å²) in [6, 6.07) is 1.88. The van der Waals surface area contributed by atoms with E-state index in [1.54, 1.807) is 6.20 Å². The van der Waals surface area contributed by atoms with Gasteiger partial charge >= 0.3 is 5.69 Å². The van der Waals surface area contributed by atoms with E-state index in [0.29, 0.717) is 5.65 Å². The van der Waals surface area contributed by atoms with Gasteiger partial charge in [-0.3, -0.25) is 4.57 Å². The summed E-state index contributed by atoms with van der Waals surface area (Å²) in [7, 11) is 0. The first-order valence-electron chi connectivity index (χ1n) is 6.11. The molecule has 2 aromatic rings. The number of nitrogens with one attached hydrogen (secondary N) is 1. The van der Waals surface area contributed by atoms with E-state index in [2.05, 4.69) is 9.97 Å². The fourth-order valence-electron chi connectivity index (χ4n) is 2.40. The molecule has 1 unspecified atom stereocenters. The van der Waals surface area contributed by atoms with E-state index in [1.165, 1.54) is 4.57 Å². The number of aryl methyl sites for hydroxylation is 1. The summed E-state index contributed by atoms with van der Waals surface area (Å²) >= 11 is 0. The van der Waals surface area contributed by atoms with Crippen LogP contribution >= 0.6 is 0 Å². The average molecular weight is 265 g/mol. The fourth-order valence-corrected chi connectivity index (χ4v) is 2.40. The van der Waals surface area contributed by atoms with Crippen LogP contribution in [0.15, 0.2) is 17.1 Å². The maximum absolute atomic E-state index is 11.9. The van der Waals surface area contributed by atoms with Gasteiger partial charge in [0.1, 0.15) is 18.0 Å². The van der Waals surface area contributed by atoms with Gasteiger partial charge in [-0.05, 0) is 13.0 Å². The third kappa shape index (κ3) is 2.05. The summed E-state index contributed by atoms with van der Waals surface area (Å²) in [5.41, 5.74) is 1.02. The Hall–Kier alpha value is -1.70. The van der Waals surface area contributed by atoms with Crippen LogP contribution in [-0.4, -0.2) is 43.6 Å². The van der Waals surface area contributed by atoms with Crippen LogP contribution in [0, 0.1) is 6.92 Å². The molecule has 7 heteroatoms. The number of hydrogen-bond donors (Lipinski definition) is 3. The van der Waals surface area contributed by atoms with Crippen LogP contribution in [0.3, 0.4) is 0 Å². The van der Waals surface area contributed by atoms with Gasteiger partial charge < -0.3 is 19.9 Å². The molecule has 3 atom stereocenters. The molecule has 0 amide bonds. The van der Waals surface area contributed by atoms with Gasteiger partial charge in [0, 0.05) is 23.7 Å². The SMILES string of the molecule is Cc1cc2cn([C@H]3C[C@@H](O)C(CO)O3)c(=O)nc2[nH]1. The molecule has 0 aromatic carbocycles. The summed E-state index contributed by atoms with van der Waals surface area (Å²) in [4.78, 5) is 18.9. The maximum atomic E-state index is 11.9. The van der Waals surface area contributed by atoms with Gasteiger partial charge in [-0.15, -0.1) is 0 Å². The molecular formula is C12H15N3O4. The highest BCUT2D eigenvalue weighted by molar-refractivity contribution is 5.75. The number of H-pyrrole nitrogens is 1. The van der Waals surface area contributed by atoms with Crippen molar-refractivity contribution < 1.29 is 14.9 Å². The summed E-state index contributed by atoms with van der Waals surface area (Å²) < 4.78 is 6.81. The van der Waals surface area contributed by atoms with Crippen molar-refractivity contribution in [2.45, 2.75) is 31.8 Å². The first-order valence-corrected chi connectivity index (χ1v) is 6.11. The molecule has 1 aliphatic heterocycles. The molecule has 0 bridgehead atoms. The molecule has 0 aliphatic carbocycles. The van der Waals surface area contributed by atoms with Crippen LogP contribution in [0.25, 0.3) is 11.0 Å². The van der Waals surface area contributed by atoms with Crippen molar-refractivity contribution in [3.8, 4) is 0 Å². The van der Waals surface area contributed by atoms with Crippen LogP contribution in [0.2, 0.25) is 0 Å². The second kappa shape index (κ2) is 4.44. The van der Waals surface area contributed by atoms with Gasteiger partial charge in [0.05, 0.1) is 12.7 Å². The lowest BCUT2D eigenvalue weighted by Crippen LogP contribution is -2.27. The standard InChI is InChI=1S/C12H15N3O4/c1-6-2-7-4-15(12(18)14-11(7)13-6)10-3-8(17)9(5-16)19-10/h2,4,8-10,16-17H,3,5H2,1H3,(H,13,14,18)/t8-,9?,10-/m1/s1.